The van der Waals surface area contributed by atoms with E-state index in [2.05, 4.69) is 6.07 Å². The van der Waals surface area contributed by atoms with Crippen molar-refractivity contribution in [2.45, 2.75) is 25.2 Å². The Labute approximate surface area is 167 Å². The molecule has 3 aliphatic rings. The number of fused-ring (bicyclic) bond motifs is 4. The molecule has 0 bridgehead atoms. The second kappa shape index (κ2) is 5.74. The lowest BCUT2D eigenvalue weighted by atomic mass is 9.69. The van der Waals surface area contributed by atoms with Gasteiger partial charge in [-0.25, -0.2) is 0 Å². The second-order valence-electron chi connectivity index (χ2n) is 7.97. The van der Waals surface area contributed by atoms with E-state index >= 15 is 0 Å². The Hall–Kier alpha value is -3.53. The Morgan fingerprint density at radius 1 is 1.31 bits per heavy atom. The number of para-hydroxylation sites is 1. The third-order valence-electron chi connectivity index (χ3n) is 6.26. The fourth-order valence-corrected chi connectivity index (χ4v) is 4.51. The first-order valence-electron chi connectivity index (χ1n) is 9.62. The van der Waals surface area contributed by atoms with Crippen LogP contribution in [0.4, 0.5) is 5.69 Å². The van der Waals surface area contributed by atoms with Crippen molar-refractivity contribution in [3.8, 4) is 11.8 Å². The summed E-state index contributed by atoms with van der Waals surface area (Å²) in [4.78, 5) is 29.1. The lowest BCUT2D eigenvalue weighted by Gasteiger charge is -2.34. The zero-order valence-corrected chi connectivity index (χ0v) is 16.2. The molecule has 5 rings (SSSR count). The number of pyridine rings is 1. The molecule has 1 atom stereocenters. The number of nitrogens with zero attached hydrogens (tertiary/aromatic N) is 3. The molecule has 0 radical (unpaired) electrons. The highest BCUT2D eigenvalue weighted by Gasteiger charge is 2.61. The first-order valence-corrected chi connectivity index (χ1v) is 9.62. The van der Waals surface area contributed by atoms with Crippen LogP contribution in [0.25, 0.3) is 0 Å². The van der Waals surface area contributed by atoms with E-state index in [-0.39, 0.29) is 34.2 Å². The molecule has 1 aromatic heterocycles. The molecule has 7 nitrogen and oxygen atoms in total. The number of nitrogens with two attached hydrogens (primary N) is 1. The van der Waals surface area contributed by atoms with Gasteiger partial charge in [0.1, 0.15) is 17.4 Å². The predicted octanol–water partition coefficient (Wildman–Crippen LogP) is 1.82. The molecule has 1 spiro atoms. The van der Waals surface area contributed by atoms with E-state index in [0.717, 1.165) is 18.5 Å². The number of hydrogen-bond acceptors (Lipinski definition) is 5. The van der Waals surface area contributed by atoms with Crippen LogP contribution in [0.1, 0.15) is 29.7 Å². The van der Waals surface area contributed by atoms with Gasteiger partial charge in [-0.1, -0.05) is 18.2 Å². The lowest BCUT2D eigenvalue weighted by molar-refractivity contribution is -0.121. The minimum atomic E-state index is -1.58. The highest BCUT2D eigenvalue weighted by Crippen LogP contribution is 2.54. The number of amides is 1. The largest absolute Gasteiger partial charge is 0.440 e. The molecular formula is C22H20N4O3. The highest BCUT2D eigenvalue weighted by atomic mass is 16.5. The summed E-state index contributed by atoms with van der Waals surface area (Å²) >= 11 is 0. The van der Waals surface area contributed by atoms with Crippen LogP contribution in [0.2, 0.25) is 0 Å². The molecule has 1 amide bonds. The zero-order valence-electron chi connectivity index (χ0n) is 16.2. The number of carbonyl (C=O) groups excluding carboxylic acids is 1. The van der Waals surface area contributed by atoms with Gasteiger partial charge in [0.05, 0.1) is 5.56 Å². The first-order chi connectivity index (χ1) is 13.9. The SMILES string of the molecule is Cc1cc2c(c(=O)n1C)C1(C(=O)N(CC3CC3)c3ccccc31)C(C#N)=C(N)O2. The lowest BCUT2D eigenvalue weighted by Crippen LogP contribution is -2.50. The molecule has 0 saturated heterocycles. The fourth-order valence-electron chi connectivity index (χ4n) is 4.51. The molecule has 3 heterocycles. The zero-order chi connectivity index (χ0) is 20.5. The Bertz CT molecular complexity index is 1220. The number of ether oxygens (including phenoxy) is 1. The number of hydrogen-bond donors (Lipinski definition) is 1. The number of aryl methyl sites for hydroxylation is 1. The Morgan fingerprint density at radius 3 is 2.72 bits per heavy atom. The number of rotatable bonds is 2. The van der Waals surface area contributed by atoms with E-state index < -0.39 is 5.41 Å². The van der Waals surface area contributed by atoms with Gasteiger partial charge in [0.2, 0.25) is 11.8 Å². The van der Waals surface area contributed by atoms with Gasteiger partial charge in [0.15, 0.2) is 5.41 Å². The van der Waals surface area contributed by atoms with Crippen LogP contribution in [-0.2, 0) is 17.3 Å². The molecule has 1 aliphatic carbocycles. The maximum atomic E-state index is 14.0. The highest BCUT2D eigenvalue weighted by molar-refractivity contribution is 6.14. The van der Waals surface area contributed by atoms with Crippen molar-refractivity contribution in [3.05, 3.63) is 69.0 Å². The predicted molar refractivity (Wildman–Crippen MR) is 106 cm³/mol. The van der Waals surface area contributed by atoms with Crippen LogP contribution in [-0.4, -0.2) is 17.0 Å². The minimum absolute atomic E-state index is 0.0262. The summed E-state index contributed by atoms with van der Waals surface area (Å²) in [5.41, 5.74) is 6.32. The monoisotopic (exact) mass is 388 g/mol. The van der Waals surface area contributed by atoms with E-state index in [1.807, 2.05) is 18.2 Å². The van der Waals surface area contributed by atoms with Crippen LogP contribution in [0.5, 0.6) is 5.75 Å². The Balaban J connectivity index is 1.91. The van der Waals surface area contributed by atoms with E-state index in [0.29, 0.717) is 23.7 Å². The molecule has 1 aromatic carbocycles. The third-order valence-corrected chi connectivity index (χ3v) is 6.26. The van der Waals surface area contributed by atoms with Crippen molar-refractivity contribution in [1.29, 1.82) is 5.26 Å². The number of anilines is 1. The molecule has 29 heavy (non-hydrogen) atoms. The van der Waals surface area contributed by atoms with E-state index in [1.165, 1.54) is 4.57 Å². The summed E-state index contributed by atoms with van der Waals surface area (Å²) < 4.78 is 7.15. The summed E-state index contributed by atoms with van der Waals surface area (Å²) in [7, 11) is 1.65. The van der Waals surface area contributed by atoms with Crippen molar-refractivity contribution in [1.82, 2.24) is 4.57 Å². The van der Waals surface area contributed by atoms with Crippen molar-refractivity contribution in [2.24, 2.45) is 18.7 Å². The van der Waals surface area contributed by atoms with E-state index in [9.17, 15) is 14.9 Å². The molecule has 1 saturated carbocycles. The topological polar surface area (TPSA) is 101 Å². The Morgan fingerprint density at radius 2 is 2.03 bits per heavy atom. The van der Waals surface area contributed by atoms with E-state index in [4.69, 9.17) is 10.5 Å². The summed E-state index contributed by atoms with van der Waals surface area (Å²) in [5, 5.41) is 10.0. The second-order valence-corrected chi connectivity index (χ2v) is 7.97. The van der Waals surface area contributed by atoms with Crippen LogP contribution in [0.15, 0.2) is 46.6 Å². The maximum Gasteiger partial charge on any atom is 0.259 e. The van der Waals surface area contributed by atoms with Gasteiger partial charge < -0.3 is 19.9 Å². The molecule has 2 aliphatic heterocycles. The standard InChI is InChI=1S/C22H20N4O3/c1-12-9-17-18(20(27)25(12)2)22(15(10-23)19(24)29-17)14-5-3-4-6-16(14)26(21(22)28)11-13-7-8-13/h3-6,9,13H,7-8,11,24H2,1-2H3. The van der Waals surface area contributed by atoms with Crippen molar-refractivity contribution in [3.63, 3.8) is 0 Å². The van der Waals surface area contributed by atoms with Gasteiger partial charge in [-0.05, 0) is 31.7 Å². The fraction of sp³-hybridized carbons (Fsp3) is 0.318. The first kappa shape index (κ1) is 17.6. The molecule has 2 aromatic rings. The summed E-state index contributed by atoms with van der Waals surface area (Å²) in [5.74, 6) is 0.229. The average molecular weight is 388 g/mol. The van der Waals surface area contributed by atoms with Crippen molar-refractivity contribution < 1.29 is 9.53 Å². The summed E-state index contributed by atoms with van der Waals surface area (Å²) in [6.45, 7) is 2.35. The molecule has 1 fully saturated rings. The van der Waals surface area contributed by atoms with E-state index in [1.54, 1.807) is 31.0 Å². The molecule has 2 N–H and O–H groups in total. The van der Waals surface area contributed by atoms with Gasteiger partial charge in [-0.2, -0.15) is 5.26 Å². The van der Waals surface area contributed by atoms with Crippen LogP contribution in [0, 0.1) is 24.2 Å². The molecule has 1 unspecified atom stereocenters. The van der Waals surface area contributed by atoms with Gasteiger partial charge in [0, 0.05) is 36.6 Å². The van der Waals surface area contributed by atoms with Crippen molar-refractivity contribution >= 4 is 11.6 Å². The summed E-state index contributed by atoms with van der Waals surface area (Å²) in [6.07, 6.45) is 2.14. The number of benzene rings is 1. The molecule has 7 heteroatoms. The number of carbonyl (C=O) groups is 1. The number of nitriles is 1. The molecular weight excluding hydrogens is 368 g/mol. The smallest absolute Gasteiger partial charge is 0.259 e. The maximum absolute atomic E-state index is 14.0. The summed E-state index contributed by atoms with van der Waals surface area (Å²) in [6, 6.07) is 11.1. The van der Waals surface area contributed by atoms with Gasteiger partial charge in [-0.15, -0.1) is 0 Å². The number of aromatic nitrogens is 1. The normalized spacial score (nSPS) is 22.4. The third kappa shape index (κ3) is 2.11. The molecule has 146 valence electrons. The van der Waals surface area contributed by atoms with Crippen molar-refractivity contribution in [2.75, 3.05) is 11.4 Å². The van der Waals surface area contributed by atoms with Crippen LogP contribution < -0.4 is 20.9 Å². The van der Waals surface area contributed by atoms with Crippen LogP contribution in [0.3, 0.4) is 0 Å². The Kier molecular flexibility index (Phi) is 3.47. The minimum Gasteiger partial charge on any atom is -0.440 e. The average Bonchev–Trinajstić information content (AvgIpc) is 3.49. The van der Waals surface area contributed by atoms with Gasteiger partial charge in [0.25, 0.3) is 5.56 Å². The van der Waals surface area contributed by atoms with Gasteiger partial charge in [-0.3, -0.25) is 9.59 Å². The van der Waals surface area contributed by atoms with Crippen LogP contribution >= 0.6 is 0 Å². The quantitative estimate of drug-likeness (QED) is 0.846. The van der Waals surface area contributed by atoms with Gasteiger partial charge >= 0.3 is 0 Å².